The third-order valence-corrected chi connectivity index (χ3v) is 4.72. The van der Waals surface area contributed by atoms with Gasteiger partial charge in [0.1, 0.15) is 0 Å². The lowest BCUT2D eigenvalue weighted by Gasteiger charge is -2.43. The smallest absolute Gasteiger partial charge is 0.0378 e. The number of aryl methyl sites for hydroxylation is 1. The summed E-state index contributed by atoms with van der Waals surface area (Å²) in [7, 11) is 0. The zero-order valence-electron chi connectivity index (χ0n) is 11.0. The Hall–Kier alpha value is -0.980. The molecule has 92 valence electrons. The van der Waals surface area contributed by atoms with Gasteiger partial charge in [-0.1, -0.05) is 37.5 Å². The second kappa shape index (κ2) is 4.36. The lowest BCUT2D eigenvalue weighted by Crippen LogP contribution is -2.40. The van der Waals surface area contributed by atoms with E-state index in [4.69, 9.17) is 0 Å². The first-order chi connectivity index (χ1) is 8.29. The number of benzene rings is 1. The highest BCUT2D eigenvalue weighted by Gasteiger charge is 2.36. The highest BCUT2D eigenvalue weighted by Crippen LogP contribution is 2.45. The molecule has 1 fully saturated rings. The molecule has 0 spiro atoms. The lowest BCUT2D eigenvalue weighted by atomic mass is 9.70. The average molecular weight is 229 g/mol. The SMILES string of the molecule is CCC1c2cc(C)ccc2N[C@@H]2CCCC[C@H]12. The molecule has 17 heavy (non-hydrogen) atoms. The summed E-state index contributed by atoms with van der Waals surface area (Å²) >= 11 is 0. The maximum atomic E-state index is 3.79. The number of fused-ring (bicyclic) bond motifs is 2. The van der Waals surface area contributed by atoms with E-state index < -0.39 is 0 Å². The first-order valence-electron chi connectivity index (χ1n) is 7.16. The van der Waals surface area contributed by atoms with Gasteiger partial charge in [-0.15, -0.1) is 0 Å². The molecule has 1 N–H and O–H groups in total. The molecule has 0 bridgehead atoms. The van der Waals surface area contributed by atoms with Gasteiger partial charge in [0, 0.05) is 11.7 Å². The topological polar surface area (TPSA) is 12.0 Å². The molecule has 1 saturated carbocycles. The third kappa shape index (κ3) is 1.86. The Kier molecular flexibility index (Phi) is 2.85. The molecule has 1 heteroatoms. The van der Waals surface area contributed by atoms with Crippen molar-refractivity contribution >= 4 is 5.69 Å². The van der Waals surface area contributed by atoms with Gasteiger partial charge in [0.25, 0.3) is 0 Å². The van der Waals surface area contributed by atoms with Crippen LogP contribution >= 0.6 is 0 Å². The van der Waals surface area contributed by atoms with Crippen LogP contribution in [0.3, 0.4) is 0 Å². The molecule has 2 aliphatic rings. The Morgan fingerprint density at radius 1 is 1.24 bits per heavy atom. The predicted molar refractivity (Wildman–Crippen MR) is 73.6 cm³/mol. The highest BCUT2D eigenvalue weighted by atomic mass is 15.0. The minimum atomic E-state index is 0.740. The van der Waals surface area contributed by atoms with Crippen molar-refractivity contribution in [2.45, 2.75) is 57.9 Å². The molecule has 3 rings (SSSR count). The van der Waals surface area contributed by atoms with Crippen LogP contribution in [-0.4, -0.2) is 6.04 Å². The molecule has 1 aromatic carbocycles. The zero-order valence-corrected chi connectivity index (χ0v) is 11.0. The summed E-state index contributed by atoms with van der Waals surface area (Å²) < 4.78 is 0. The van der Waals surface area contributed by atoms with Crippen molar-refractivity contribution in [1.82, 2.24) is 0 Å². The fourth-order valence-corrected chi connectivity index (χ4v) is 3.89. The van der Waals surface area contributed by atoms with Crippen LogP contribution in [0.25, 0.3) is 0 Å². The van der Waals surface area contributed by atoms with Gasteiger partial charge in [-0.25, -0.2) is 0 Å². The summed E-state index contributed by atoms with van der Waals surface area (Å²) in [6.45, 7) is 4.56. The van der Waals surface area contributed by atoms with Crippen molar-refractivity contribution in [2.75, 3.05) is 5.32 Å². The van der Waals surface area contributed by atoms with E-state index in [9.17, 15) is 0 Å². The van der Waals surface area contributed by atoms with E-state index in [1.54, 1.807) is 5.56 Å². The monoisotopic (exact) mass is 229 g/mol. The first-order valence-corrected chi connectivity index (χ1v) is 7.16. The largest absolute Gasteiger partial charge is 0.382 e. The Bertz CT molecular complexity index is 410. The molecule has 1 unspecified atom stereocenters. The van der Waals surface area contributed by atoms with E-state index in [1.165, 1.54) is 43.4 Å². The Balaban J connectivity index is 2.01. The Morgan fingerprint density at radius 3 is 2.88 bits per heavy atom. The van der Waals surface area contributed by atoms with Crippen LogP contribution in [0.4, 0.5) is 5.69 Å². The van der Waals surface area contributed by atoms with Gasteiger partial charge in [-0.2, -0.15) is 0 Å². The van der Waals surface area contributed by atoms with Crippen LogP contribution < -0.4 is 5.32 Å². The fourth-order valence-electron chi connectivity index (χ4n) is 3.89. The van der Waals surface area contributed by atoms with Crippen molar-refractivity contribution in [3.8, 4) is 0 Å². The van der Waals surface area contributed by atoms with Gasteiger partial charge >= 0.3 is 0 Å². The van der Waals surface area contributed by atoms with Crippen LogP contribution in [0.15, 0.2) is 18.2 Å². The van der Waals surface area contributed by atoms with Crippen molar-refractivity contribution < 1.29 is 0 Å². The lowest BCUT2D eigenvalue weighted by molar-refractivity contribution is 0.263. The molecule has 0 saturated heterocycles. The van der Waals surface area contributed by atoms with Crippen molar-refractivity contribution in [1.29, 1.82) is 0 Å². The zero-order chi connectivity index (χ0) is 11.8. The van der Waals surface area contributed by atoms with Crippen LogP contribution in [0.2, 0.25) is 0 Å². The molecule has 3 atom stereocenters. The van der Waals surface area contributed by atoms with Gasteiger partial charge < -0.3 is 5.32 Å². The van der Waals surface area contributed by atoms with Crippen molar-refractivity contribution in [3.63, 3.8) is 0 Å². The highest BCUT2D eigenvalue weighted by molar-refractivity contribution is 5.57. The summed E-state index contributed by atoms with van der Waals surface area (Å²) in [5.41, 5.74) is 4.39. The van der Waals surface area contributed by atoms with E-state index in [0.29, 0.717) is 0 Å². The number of anilines is 1. The Morgan fingerprint density at radius 2 is 2.06 bits per heavy atom. The molecule has 1 aliphatic heterocycles. The minimum Gasteiger partial charge on any atom is -0.382 e. The maximum Gasteiger partial charge on any atom is 0.0378 e. The first kappa shape index (κ1) is 11.1. The van der Waals surface area contributed by atoms with Crippen LogP contribution in [0, 0.1) is 12.8 Å². The summed E-state index contributed by atoms with van der Waals surface area (Å²) in [4.78, 5) is 0. The fraction of sp³-hybridized carbons (Fsp3) is 0.625. The van der Waals surface area contributed by atoms with E-state index in [1.807, 2.05) is 0 Å². The molecular formula is C16H23N. The van der Waals surface area contributed by atoms with Crippen molar-refractivity contribution in [2.24, 2.45) is 5.92 Å². The normalized spacial score (nSPS) is 31.3. The molecule has 0 amide bonds. The molecule has 0 aromatic heterocycles. The van der Waals surface area contributed by atoms with E-state index in [2.05, 4.69) is 37.4 Å². The second-order valence-electron chi connectivity index (χ2n) is 5.80. The summed E-state index contributed by atoms with van der Waals surface area (Å²) in [5.74, 6) is 1.67. The number of nitrogens with one attached hydrogen (secondary N) is 1. The van der Waals surface area contributed by atoms with E-state index in [-0.39, 0.29) is 0 Å². The molecule has 0 radical (unpaired) electrons. The third-order valence-electron chi connectivity index (χ3n) is 4.72. The number of hydrogen-bond acceptors (Lipinski definition) is 1. The summed E-state index contributed by atoms with van der Waals surface area (Å²) in [5, 5.41) is 3.79. The van der Waals surface area contributed by atoms with Gasteiger partial charge in [-0.05, 0) is 49.7 Å². The summed E-state index contributed by atoms with van der Waals surface area (Å²) in [6, 6.07) is 7.67. The van der Waals surface area contributed by atoms with Crippen molar-refractivity contribution in [3.05, 3.63) is 29.3 Å². The molecule has 1 aliphatic carbocycles. The van der Waals surface area contributed by atoms with Crippen LogP contribution in [-0.2, 0) is 0 Å². The molecule has 1 nitrogen and oxygen atoms in total. The predicted octanol–water partition coefficient (Wildman–Crippen LogP) is 4.47. The van der Waals surface area contributed by atoms with E-state index in [0.717, 1.165) is 17.9 Å². The molecular weight excluding hydrogens is 206 g/mol. The van der Waals surface area contributed by atoms with Gasteiger partial charge in [-0.3, -0.25) is 0 Å². The number of hydrogen-bond donors (Lipinski definition) is 1. The van der Waals surface area contributed by atoms with Gasteiger partial charge in [0.15, 0.2) is 0 Å². The maximum absolute atomic E-state index is 3.79. The molecule has 1 heterocycles. The standard InChI is InChI=1S/C16H23N/c1-3-12-13-6-4-5-7-15(13)17-16-9-8-11(2)10-14(12)16/h8-10,12-13,15,17H,3-7H2,1-2H3/t12?,13-,15-/m1/s1. The quantitative estimate of drug-likeness (QED) is 0.749. The average Bonchev–Trinajstić information content (AvgIpc) is 2.36. The van der Waals surface area contributed by atoms with Crippen LogP contribution in [0.5, 0.6) is 0 Å². The summed E-state index contributed by atoms with van der Waals surface area (Å²) in [6.07, 6.45) is 6.92. The Labute approximate surface area is 105 Å². The second-order valence-corrected chi connectivity index (χ2v) is 5.80. The number of rotatable bonds is 1. The van der Waals surface area contributed by atoms with Gasteiger partial charge in [0.05, 0.1) is 0 Å². The van der Waals surface area contributed by atoms with Gasteiger partial charge in [0.2, 0.25) is 0 Å². The van der Waals surface area contributed by atoms with E-state index >= 15 is 0 Å². The van der Waals surface area contributed by atoms with Crippen LogP contribution in [0.1, 0.15) is 56.1 Å². The molecule has 1 aromatic rings. The minimum absolute atomic E-state index is 0.740.